The fraction of sp³-hybridized carbons (Fsp3) is 0.571. The topological polar surface area (TPSA) is 0 Å². The van der Waals surface area contributed by atoms with Crippen LogP contribution in [0.15, 0.2) is 18.2 Å². The van der Waals surface area contributed by atoms with Gasteiger partial charge in [0.2, 0.25) is 0 Å². The fourth-order valence-electron chi connectivity index (χ4n) is 1.55. The van der Waals surface area contributed by atoms with Gasteiger partial charge in [-0.15, -0.1) is 0 Å². The van der Waals surface area contributed by atoms with Crippen molar-refractivity contribution in [2.24, 2.45) is 11.3 Å². The summed E-state index contributed by atoms with van der Waals surface area (Å²) in [6.45, 7) is 8.59. The van der Waals surface area contributed by atoms with Crippen LogP contribution in [0.3, 0.4) is 0 Å². The predicted octanol–water partition coefficient (Wildman–Crippen LogP) is 5.47. The summed E-state index contributed by atoms with van der Waals surface area (Å²) in [5.74, 6) is -0.335. The molecule has 2 atom stereocenters. The largest absolute Gasteiger partial charge is 0.207 e. The van der Waals surface area contributed by atoms with Gasteiger partial charge in [-0.3, -0.25) is 0 Å². The molecule has 2 unspecified atom stereocenters. The predicted molar refractivity (Wildman–Crippen MR) is 71.3 cm³/mol. The Morgan fingerprint density at radius 1 is 1.24 bits per heavy atom. The lowest BCUT2D eigenvalue weighted by molar-refractivity contribution is 0.246. The van der Waals surface area contributed by atoms with Gasteiger partial charge >= 0.3 is 0 Å². The first-order chi connectivity index (χ1) is 7.71. The number of hydrogen-bond donors (Lipinski definition) is 0. The van der Waals surface area contributed by atoms with Crippen molar-refractivity contribution in [2.75, 3.05) is 0 Å². The summed E-state index contributed by atoms with van der Waals surface area (Å²) in [6.07, 6.45) is 0.782. The maximum Gasteiger partial charge on any atom is 0.127 e. The van der Waals surface area contributed by atoms with Crippen molar-refractivity contribution in [3.8, 4) is 0 Å². The van der Waals surface area contributed by atoms with Crippen LogP contribution in [0.2, 0.25) is 0 Å². The molecular weight excluding hydrogens is 286 g/mol. The van der Waals surface area contributed by atoms with E-state index in [1.807, 2.05) is 0 Å². The number of benzene rings is 1. The molecule has 0 heterocycles. The fourth-order valence-corrected chi connectivity index (χ4v) is 2.46. The standard InChI is InChI=1S/C14H19BrF2/c1-9(14(2,3)4)7-12(15)11-8-10(16)5-6-13(11)17/h5-6,8-9,12H,7H2,1-4H3. The zero-order valence-electron chi connectivity index (χ0n) is 10.7. The molecule has 0 N–H and O–H groups in total. The monoisotopic (exact) mass is 304 g/mol. The molecule has 0 saturated carbocycles. The lowest BCUT2D eigenvalue weighted by atomic mass is 9.79. The number of alkyl halides is 1. The van der Waals surface area contributed by atoms with Crippen molar-refractivity contribution in [3.63, 3.8) is 0 Å². The molecule has 1 aromatic carbocycles. The summed E-state index contributed by atoms with van der Waals surface area (Å²) >= 11 is 3.46. The minimum absolute atomic E-state index is 0.146. The average molecular weight is 305 g/mol. The smallest absolute Gasteiger partial charge is 0.127 e. The molecule has 0 nitrogen and oxygen atoms in total. The van der Waals surface area contributed by atoms with E-state index in [0.29, 0.717) is 11.5 Å². The highest BCUT2D eigenvalue weighted by Gasteiger charge is 2.24. The first kappa shape index (κ1) is 14.6. The van der Waals surface area contributed by atoms with Gasteiger partial charge in [-0.05, 0) is 36.0 Å². The molecule has 1 aromatic rings. The second kappa shape index (κ2) is 5.47. The van der Waals surface area contributed by atoms with Gasteiger partial charge in [-0.1, -0.05) is 43.6 Å². The Balaban J connectivity index is 2.83. The molecule has 0 spiro atoms. The number of halogens is 3. The highest BCUT2D eigenvalue weighted by atomic mass is 79.9. The van der Waals surface area contributed by atoms with Gasteiger partial charge < -0.3 is 0 Å². The molecule has 0 bridgehead atoms. The van der Waals surface area contributed by atoms with Crippen LogP contribution in [0.4, 0.5) is 8.78 Å². The maximum absolute atomic E-state index is 13.6. The SMILES string of the molecule is CC(CC(Br)c1cc(F)ccc1F)C(C)(C)C. The molecule has 1 rings (SSSR count). The highest BCUT2D eigenvalue weighted by Crippen LogP contribution is 2.38. The van der Waals surface area contributed by atoms with E-state index in [9.17, 15) is 8.78 Å². The summed E-state index contributed by atoms with van der Waals surface area (Å²) in [6, 6.07) is 3.59. The lowest BCUT2D eigenvalue weighted by Gasteiger charge is -2.29. The molecule has 3 heteroatoms. The third-order valence-corrected chi connectivity index (χ3v) is 4.20. The lowest BCUT2D eigenvalue weighted by Crippen LogP contribution is -2.18. The van der Waals surface area contributed by atoms with Crippen LogP contribution >= 0.6 is 15.9 Å². The van der Waals surface area contributed by atoms with Crippen molar-refractivity contribution < 1.29 is 8.78 Å². The second-order valence-electron chi connectivity index (χ2n) is 5.64. The van der Waals surface area contributed by atoms with E-state index in [4.69, 9.17) is 0 Å². The first-order valence-corrected chi connectivity index (χ1v) is 6.72. The number of hydrogen-bond acceptors (Lipinski definition) is 0. The van der Waals surface area contributed by atoms with Crippen molar-refractivity contribution in [2.45, 2.75) is 38.9 Å². The van der Waals surface area contributed by atoms with Gasteiger partial charge in [0.25, 0.3) is 0 Å². The van der Waals surface area contributed by atoms with Crippen molar-refractivity contribution in [1.29, 1.82) is 0 Å². The molecule has 0 aliphatic rings. The van der Waals surface area contributed by atoms with E-state index in [0.717, 1.165) is 12.5 Å². The van der Waals surface area contributed by atoms with Crippen molar-refractivity contribution >= 4 is 15.9 Å². The van der Waals surface area contributed by atoms with Gasteiger partial charge in [0.15, 0.2) is 0 Å². The summed E-state index contributed by atoms with van der Waals surface area (Å²) < 4.78 is 26.7. The molecule has 0 radical (unpaired) electrons. The highest BCUT2D eigenvalue weighted by molar-refractivity contribution is 9.09. The van der Waals surface area contributed by atoms with E-state index < -0.39 is 5.82 Å². The minimum atomic E-state index is -0.394. The van der Waals surface area contributed by atoms with Crippen molar-refractivity contribution in [1.82, 2.24) is 0 Å². The minimum Gasteiger partial charge on any atom is -0.207 e. The Morgan fingerprint density at radius 2 is 1.82 bits per heavy atom. The third kappa shape index (κ3) is 4.06. The Morgan fingerprint density at radius 3 is 2.35 bits per heavy atom. The molecule has 0 fully saturated rings. The van der Waals surface area contributed by atoms with E-state index >= 15 is 0 Å². The van der Waals surface area contributed by atoms with Gasteiger partial charge in [-0.2, -0.15) is 0 Å². The molecule has 0 saturated heterocycles. The summed E-state index contributed by atoms with van der Waals surface area (Å²) in [5.41, 5.74) is 0.566. The number of rotatable bonds is 3. The van der Waals surface area contributed by atoms with E-state index in [1.54, 1.807) is 0 Å². The molecule has 0 amide bonds. The third-order valence-electron chi connectivity index (χ3n) is 3.33. The van der Waals surface area contributed by atoms with E-state index in [-0.39, 0.29) is 16.1 Å². The second-order valence-corrected chi connectivity index (χ2v) is 6.74. The molecule has 0 aliphatic carbocycles. The van der Waals surface area contributed by atoms with Crippen molar-refractivity contribution in [3.05, 3.63) is 35.4 Å². The Bertz CT molecular complexity index is 382. The van der Waals surface area contributed by atoms with Crippen LogP contribution in [0.25, 0.3) is 0 Å². The zero-order chi connectivity index (χ0) is 13.2. The van der Waals surface area contributed by atoms with Gasteiger partial charge in [0.05, 0.1) is 0 Å². The van der Waals surface area contributed by atoms with Gasteiger partial charge in [-0.25, -0.2) is 8.78 Å². The van der Waals surface area contributed by atoms with E-state index in [2.05, 4.69) is 43.6 Å². The van der Waals surface area contributed by atoms with Crippen LogP contribution in [-0.2, 0) is 0 Å². The molecule has 0 aromatic heterocycles. The summed E-state index contributed by atoms with van der Waals surface area (Å²) in [7, 11) is 0. The van der Waals surface area contributed by atoms with Crippen LogP contribution in [0, 0.1) is 23.0 Å². The summed E-state index contributed by atoms with van der Waals surface area (Å²) in [4.78, 5) is -0.146. The van der Waals surface area contributed by atoms with Crippen LogP contribution < -0.4 is 0 Å². The maximum atomic E-state index is 13.6. The Hall–Kier alpha value is -0.440. The Labute approximate surface area is 111 Å². The van der Waals surface area contributed by atoms with Crippen LogP contribution in [0.5, 0.6) is 0 Å². The average Bonchev–Trinajstić information content (AvgIpc) is 2.20. The van der Waals surface area contributed by atoms with E-state index in [1.165, 1.54) is 12.1 Å². The quantitative estimate of drug-likeness (QED) is 0.649. The Kier molecular flexibility index (Phi) is 4.70. The normalized spacial score (nSPS) is 15.7. The van der Waals surface area contributed by atoms with Crippen LogP contribution in [-0.4, -0.2) is 0 Å². The molecule has 17 heavy (non-hydrogen) atoms. The zero-order valence-corrected chi connectivity index (χ0v) is 12.3. The van der Waals surface area contributed by atoms with Gasteiger partial charge in [0, 0.05) is 10.4 Å². The first-order valence-electron chi connectivity index (χ1n) is 5.81. The summed E-state index contributed by atoms with van der Waals surface area (Å²) in [5, 5.41) is 0. The van der Waals surface area contributed by atoms with Crippen LogP contribution in [0.1, 0.15) is 44.5 Å². The molecule has 0 aliphatic heterocycles. The molecule has 96 valence electrons. The molecular formula is C14H19BrF2. The van der Waals surface area contributed by atoms with Gasteiger partial charge in [0.1, 0.15) is 11.6 Å².